The van der Waals surface area contributed by atoms with E-state index in [9.17, 15) is 9.59 Å². The second kappa shape index (κ2) is 11.7. The molecule has 0 saturated heterocycles. The van der Waals surface area contributed by atoms with Gasteiger partial charge in [0.15, 0.2) is 0 Å². The molecular weight excluding hydrogens is 412 g/mol. The van der Waals surface area contributed by atoms with E-state index in [1.54, 1.807) is 23.4 Å². The van der Waals surface area contributed by atoms with Crippen molar-refractivity contribution in [2.24, 2.45) is 0 Å². The third-order valence-corrected chi connectivity index (χ3v) is 6.05. The monoisotopic (exact) mass is 442 g/mol. The lowest BCUT2D eigenvalue weighted by Gasteiger charge is -2.34. The zero-order chi connectivity index (χ0) is 22.1. The summed E-state index contributed by atoms with van der Waals surface area (Å²) in [5.74, 6) is -0.612. The van der Waals surface area contributed by atoms with Crippen LogP contribution >= 0.6 is 11.6 Å². The van der Waals surface area contributed by atoms with Gasteiger partial charge in [0, 0.05) is 49.8 Å². The second-order valence-corrected chi connectivity index (χ2v) is 8.28. The molecule has 3 rings (SSSR count). The molecule has 166 valence electrons. The van der Waals surface area contributed by atoms with Crippen molar-refractivity contribution in [1.82, 2.24) is 15.2 Å². The van der Waals surface area contributed by atoms with Crippen LogP contribution in [0.25, 0.3) is 0 Å². The quantitative estimate of drug-likeness (QED) is 0.600. The topological polar surface area (TPSA) is 65.5 Å². The molecule has 1 aromatic carbocycles. The van der Waals surface area contributed by atoms with Crippen LogP contribution in [0, 0.1) is 0 Å². The van der Waals surface area contributed by atoms with Crippen LogP contribution in [-0.2, 0) is 9.59 Å². The number of anilines is 1. The summed E-state index contributed by atoms with van der Waals surface area (Å²) in [5.41, 5.74) is 1.74. The molecule has 1 N–H and O–H groups in total. The lowest BCUT2D eigenvalue weighted by molar-refractivity contribution is -0.139. The van der Waals surface area contributed by atoms with Gasteiger partial charge in [-0.15, -0.1) is 11.6 Å². The smallest absolute Gasteiger partial charge is 0.247 e. The molecule has 0 spiro atoms. The van der Waals surface area contributed by atoms with Gasteiger partial charge in [0.2, 0.25) is 11.8 Å². The molecule has 0 bridgehead atoms. The standard InChI is InChI=1S/C24H31ClN4O2/c1-28(21-12-6-3-7-13-21)15-16-29(22(30)17-25)23(19-9-8-14-26-18-19)24(31)27-20-10-4-2-5-11-20/h3,6-9,12-14,18,20,23H,2,4-5,10-11,15-17H2,1H3,(H,27,31). The molecule has 0 radical (unpaired) electrons. The van der Waals surface area contributed by atoms with Gasteiger partial charge in [-0.25, -0.2) is 0 Å². The van der Waals surface area contributed by atoms with Crippen LogP contribution in [0.5, 0.6) is 0 Å². The summed E-state index contributed by atoms with van der Waals surface area (Å²) >= 11 is 5.96. The molecule has 31 heavy (non-hydrogen) atoms. The van der Waals surface area contributed by atoms with Gasteiger partial charge in [-0.1, -0.05) is 43.5 Å². The maximum Gasteiger partial charge on any atom is 0.247 e. The number of para-hydroxylation sites is 1. The lowest BCUT2D eigenvalue weighted by Crippen LogP contribution is -2.49. The van der Waals surface area contributed by atoms with E-state index in [2.05, 4.69) is 15.2 Å². The number of carbonyl (C=O) groups is 2. The van der Waals surface area contributed by atoms with Crippen molar-refractivity contribution >= 4 is 29.1 Å². The van der Waals surface area contributed by atoms with Crippen LogP contribution in [0.4, 0.5) is 5.69 Å². The van der Waals surface area contributed by atoms with Crippen LogP contribution < -0.4 is 10.2 Å². The molecule has 1 atom stereocenters. The van der Waals surface area contributed by atoms with E-state index in [4.69, 9.17) is 11.6 Å². The van der Waals surface area contributed by atoms with E-state index in [-0.39, 0.29) is 23.7 Å². The number of pyridine rings is 1. The maximum atomic E-state index is 13.4. The molecule has 0 aliphatic heterocycles. The van der Waals surface area contributed by atoms with E-state index in [1.165, 1.54) is 6.42 Å². The van der Waals surface area contributed by atoms with Crippen LogP contribution in [0.2, 0.25) is 0 Å². The van der Waals surface area contributed by atoms with Crippen LogP contribution in [-0.4, -0.2) is 53.8 Å². The number of halogens is 1. The summed E-state index contributed by atoms with van der Waals surface area (Å²) in [6, 6.07) is 13.0. The summed E-state index contributed by atoms with van der Waals surface area (Å²) in [6.45, 7) is 0.939. The number of alkyl halides is 1. The highest BCUT2D eigenvalue weighted by Crippen LogP contribution is 2.24. The molecule has 7 heteroatoms. The Bertz CT molecular complexity index is 828. The van der Waals surface area contributed by atoms with E-state index in [0.29, 0.717) is 18.7 Å². The summed E-state index contributed by atoms with van der Waals surface area (Å²) < 4.78 is 0. The lowest BCUT2D eigenvalue weighted by atomic mass is 9.95. The van der Waals surface area contributed by atoms with E-state index < -0.39 is 6.04 Å². The predicted molar refractivity (Wildman–Crippen MR) is 124 cm³/mol. The third-order valence-electron chi connectivity index (χ3n) is 5.82. The number of carbonyl (C=O) groups excluding carboxylic acids is 2. The molecule has 2 amide bonds. The largest absolute Gasteiger partial charge is 0.373 e. The fourth-order valence-electron chi connectivity index (χ4n) is 4.08. The van der Waals surface area contributed by atoms with Crippen LogP contribution in [0.15, 0.2) is 54.9 Å². The molecule has 1 fully saturated rings. The van der Waals surface area contributed by atoms with Crippen molar-refractivity contribution in [1.29, 1.82) is 0 Å². The first-order valence-electron chi connectivity index (χ1n) is 10.9. The van der Waals surface area contributed by atoms with E-state index in [0.717, 1.165) is 31.4 Å². The Labute approximate surface area is 189 Å². The van der Waals surface area contributed by atoms with Gasteiger partial charge in [-0.2, -0.15) is 0 Å². The number of nitrogens with one attached hydrogen (secondary N) is 1. The molecule has 6 nitrogen and oxygen atoms in total. The van der Waals surface area contributed by atoms with E-state index in [1.807, 2.05) is 43.4 Å². The number of amides is 2. The second-order valence-electron chi connectivity index (χ2n) is 8.01. The Balaban J connectivity index is 1.81. The average molecular weight is 443 g/mol. The van der Waals surface area contributed by atoms with Crippen molar-refractivity contribution in [2.75, 3.05) is 30.9 Å². The fourth-order valence-corrected chi connectivity index (χ4v) is 4.24. The molecule has 1 saturated carbocycles. The molecule has 1 aliphatic carbocycles. The summed E-state index contributed by atoms with van der Waals surface area (Å²) in [7, 11) is 1.97. The van der Waals surface area contributed by atoms with Crippen molar-refractivity contribution < 1.29 is 9.59 Å². The first-order valence-corrected chi connectivity index (χ1v) is 11.5. The predicted octanol–water partition coefficient (Wildman–Crippen LogP) is 3.78. The molecule has 2 aromatic rings. The van der Waals surface area contributed by atoms with Crippen molar-refractivity contribution in [3.05, 3.63) is 60.4 Å². The fraction of sp³-hybridized carbons (Fsp3) is 0.458. The Morgan fingerprint density at radius 3 is 2.48 bits per heavy atom. The Kier molecular flexibility index (Phi) is 8.71. The Hall–Kier alpha value is -2.60. The number of nitrogens with zero attached hydrogens (tertiary/aromatic N) is 3. The number of benzene rings is 1. The van der Waals surface area contributed by atoms with Crippen LogP contribution in [0.3, 0.4) is 0 Å². The SMILES string of the molecule is CN(CCN(C(=O)CCl)C(C(=O)NC1CCCCC1)c1cccnc1)c1ccccc1. The number of likely N-dealkylation sites (N-methyl/N-ethyl adjacent to an activating group) is 1. The highest BCUT2D eigenvalue weighted by atomic mass is 35.5. The van der Waals surface area contributed by atoms with Crippen LogP contribution in [0.1, 0.15) is 43.7 Å². The first kappa shape index (κ1) is 23.1. The number of hydrogen-bond donors (Lipinski definition) is 1. The van der Waals surface area contributed by atoms with E-state index >= 15 is 0 Å². The van der Waals surface area contributed by atoms with Crippen molar-refractivity contribution in [2.45, 2.75) is 44.2 Å². The summed E-state index contributed by atoms with van der Waals surface area (Å²) in [4.78, 5) is 34.1. The normalized spacial score (nSPS) is 15.2. The average Bonchev–Trinajstić information content (AvgIpc) is 2.82. The van der Waals surface area contributed by atoms with Crippen molar-refractivity contribution in [3.8, 4) is 0 Å². The van der Waals surface area contributed by atoms with Gasteiger partial charge < -0.3 is 15.1 Å². The minimum Gasteiger partial charge on any atom is -0.373 e. The molecule has 1 heterocycles. The summed E-state index contributed by atoms with van der Waals surface area (Å²) in [5, 5.41) is 3.18. The third kappa shape index (κ3) is 6.44. The molecule has 1 aromatic heterocycles. The zero-order valence-corrected chi connectivity index (χ0v) is 18.8. The minimum atomic E-state index is -0.758. The molecular formula is C24H31ClN4O2. The highest BCUT2D eigenvalue weighted by Gasteiger charge is 2.32. The molecule has 1 unspecified atom stereocenters. The van der Waals surface area contributed by atoms with Gasteiger partial charge in [0.05, 0.1) is 0 Å². The molecule has 1 aliphatic rings. The van der Waals surface area contributed by atoms with Gasteiger partial charge in [-0.05, 0) is 31.0 Å². The highest BCUT2D eigenvalue weighted by molar-refractivity contribution is 6.27. The number of rotatable bonds is 9. The number of hydrogen-bond acceptors (Lipinski definition) is 4. The van der Waals surface area contributed by atoms with Crippen molar-refractivity contribution in [3.63, 3.8) is 0 Å². The first-order chi connectivity index (χ1) is 15.1. The maximum absolute atomic E-state index is 13.4. The zero-order valence-electron chi connectivity index (χ0n) is 18.0. The Morgan fingerprint density at radius 2 is 1.84 bits per heavy atom. The van der Waals surface area contributed by atoms with Gasteiger partial charge in [-0.3, -0.25) is 14.6 Å². The number of aromatic nitrogens is 1. The Morgan fingerprint density at radius 1 is 1.10 bits per heavy atom. The van der Waals surface area contributed by atoms with Gasteiger partial charge in [0.25, 0.3) is 0 Å². The minimum absolute atomic E-state index is 0.153. The van der Waals surface area contributed by atoms with Gasteiger partial charge in [0.1, 0.15) is 11.9 Å². The summed E-state index contributed by atoms with van der Waals surface area (Å²) in [6.07, 6.45) is 8.72. The van der Waals surface area contributed by atoms with Gasteiger partial charge >= 0.3 is 0 Å².